The van der Waals surface area contributed by atoms with Gasteiger partial charge in [0.15, 0.2) is 5.78 Å². The van der Waals surface area contributed by atoms with Crippen LogP contribution < -0.4 is 4.90 Å². The monoisotopic (exact) mass is 414 g/mol. The second-order valence-electron chi connectivity index (χ2n) is 7.44. The first-order valence-corrected chi connectivity index (χ1v) is 11.1. The van der Waals surface area contributed by atoms with E-state index in [2.05, 4.69) is 0 Å². The Balaban J connectivity index is 1.89. The lowest BCUT2D eigenvalue weighted by Crippen LogP contribution is -2.52. The fraction of sp³-hybridized carbons (Fsp3) is 0.364. The molecule has 7 heteroatoms. The molecular formula is C22H26N2O4S. The molecule has 1 aliphatic heterocycles. The van der Waals surface area contributed by atoms with Gasteiger partial charge in [-0.05, 0) is 51.0 Å². The number of piperidine rings is 1. The molecule has 3 rings (SSSR count). The highest BCUT2D eigenvalue weighted by Gasteiger charge is 2.39. The van der Waals surface area contributed by atoms with E-state index in [1.807, 2.05) is 31.2 Å². The molecule has 1 saturated heterocycles. The first-order chi connectivity index (χ1) is 13.7. The lowest BCUT2D eigenvalue weighted by Gasteiger charge is -2.35. The van der Waals surface area contributed by atoms with E-state index in [1.54, 1.807) is 7.05 Å². The summed E-state index contributed by atoms with van der Waals surface area (Å²) in [6.07, 6.45) is 2.00. The molecule has 154 valence electrons. The zero-order chi connectivity index (χ0) is 21.2. The van der Waals surface area contributed by atoms with Crippen LogP contribution in [0.1, 0.15) is 42.1 Å². The van der Waals surface area contributed by atoms with Crippen molar-refractivity contribution in [2.24, 2.45) is 0 Å². The quantitative estimate of drug-likeness (QED) is 0.703. The molecule has 1 unspecified atom stereocenters. The molecule has 1 fully saturated rings. The van der Waals surface area contributed by atoms with Gasteiger partial charge in [0.1, 0.15) is 6.04 Å². The van der Waals surface area contributed by atoms with Crippen LogP contribution in [-0.2, 0) is 14.8 Å². The predicted octanol–water partition coefficient (Wildman–Crippen LogP) is 3.40. The van der Waals surface area contributed by atoms with Crippen molar-refractivity contribution in [2.75, 3.05) is 18.5 Å². The largest absolute Gasteiger partial charge is 0.314 e. The van der Waals surface area contributed by atoms with Crippen LogP contribution in [0.3, 0.4) is 0 Å². The average molecular weight is 415 g/mol. The number of aryl methyl sites for hydroxylation is 1. The molecule has 0 aromatic heterocycles. The Bertz CT molecular complexity index is 998. The number of carbonyl (C=O) groups is 2. The molecule has 0 N–H and O–H groups in total. The Morgan fingerprint density at radius 2 is 1.62 bits per heavy atom. The molecule has 2 aromatic rings. The number of nitrogens with zero attached hydrogens (tertiary/aromatic N) is 2. The fourth-order valence-corrected chi connectivity index (χ4v) is 5.21. The SMILES string of the molecule is CC(=O)c1ccc(S(=O)(=O)N2CCCCC2C(=O)N(C)c2ccc(C)cc2)cc1. The van der Waals surface area contributed by atoms with Crippen LogP contribution in [0.2, 0.25) is 0 Å². The maximum atomic E-state index is 13.3. The molecule has 1 atom stereocenters. The maximum Gasteiger partial charge on any atom is 0.245 e. The zero-order valence-electron chi connectivity index (χ0n) is 17.0. The molecule has 0 saturated carbocycles. The summed E-state index contributed by atoms with van der Waals surface area (Å²) in [6.45, 7) is 3.71. The van der Waals surface area contributed by atoms with E-state index in [4.69, 9.17) is 0 Å². The minimum Gasteiger partial charge on any atom is -0.314 e. The van der Waals surface area contributed by atoms with Crippen molar-refractivity contribution in [1.29, 1.82) is 0 Å². The molecule has 1 heterocycles. The number of ketones is 1. The normalized spacial score (nSPS) is 17.7. The van der Waals surface area contributed by atoms with Crippen molar-refractivity contribution in [1.82, 2.24) is 4.31 Å². The predicted molar refractivity (Wildman–Crippen MR) is 113 cm³/mol. The van der Waals surface area contributed by atoms with Crippen molar-refractivity contribution < 1.29 is 18.0 Å². The highest BCUT2D eigenvalue weighted by atomic mass is 32.2. The number of carbonyl (C=O) groups excluding carboxylic acids is 2. The number of Topliss-reactive ketones (excluding diaryl/α,β-unsaturated/α-hetero) is 1. The molecule has 1 aliphatic rings. The standard InChI is InChI=1S/C22H26N2O4S/c1-16-7-11-19(12-8-16)23(3)22(26)21-6-4-5-15-24(21)29(27,28)20-13-9-18(10-14-20)17(2)25/h7-14,21H,4-6,15H2,1-3H3. The van der Waals surface area contributed by atoms with Gasteiger partial charge in [0, 0.05) is 24.8 Å². The molecule has 6 nitrogen and oxygen atoms in total. The second kappa shape index (κ2) is 8.47. The number of rotatable bonds is 5. The lowest BCUT2D eigenvalue weighted by atomic mass is 10.0. The lowest BCUT2D eigenvalue weighted by molar-refractivity contribution is -0.122. The molecule has 29 heavy (non-hydrogen) atoms. The maximum absolute atomic E-state index is 13.3. The van der Waals surface area contributed by atoms with Gasteiger partial charge in [0.05, 0.1) is 4.90 Å². The third kappa shape index (κ3) is 4.41. The van der Waals surface area contributed by atoms with Crippen LogP contribution in [0.15, 0.2) is 53.4 Å². The first kappa shape index (κ1) is 21.2. The van der Waals surface area contributed by atoms with Crippen molar-refractivity contribution in [3.05, 3.63) is 59.7 Å². The summed E-state index contributed by atoms with van der Waals surface area (Å²) in [6, 6.07) is 12.7. The number of sulfonamides is 1. The van der Waals surface area contributed by atoms with E-state index in [9.17, 15) is 18.0 Å². The fourth-order valence-electron chi connectivity index (χ4n) is 3.56. The Hall–Kier alpha value is -2.51. The summed E-state index contributed by atoms with van der Waals surface area (Å²) in [5, 5.41) is 0. The molecule has 0 radical (unpaired) electrons. The van der Waals surface area contributed by atoms with E-state index in [0.29, 0.717) is 24.9 Å². The summed E-state index contributed by atoms with van der Waals surface area (Å²) < 4.78 is 27.8. The van der Waals surface area contributed by atoms with E-state index < -0.39 is 16.1 Å². The number of benzene rings is 2. The summed E-state index contributed by atoms with van der Waals surface area (Å²) in [7, 11) is -2.17. The van der Waals surface area contributed by atoms with E-state index in [-0.39, 0.29) is 16.6 Å². The number of hydrogen-bond donors (Lipinski definition) is 0. The number of hydrogen-bond acceptors (Lipinski definition) is 4. The van der Waals surface area contributed by atoms with E-state index in [1.165, 1.54) is 40.4 Å². The van der Waals surface area contributed by atoms with Crippen LogP contribution in [0, 0.1) is 6.92 Å². The summed E-state index contributed by atoms with van der Waals surface area (Å²) in [4.78, 5) is 26.3. The topological polar surface area (TPSA) is 74.8 Å². The van der Waals surface area contributed by atoms with E-state index >= 15 is 0 Å². The Morgan fingerprint density at radius 1 is 1.00 bits per heavy atom. The van der Waals surface area contributed by atoms with Gasteiger partial charge < -0.3 is 4.90 Å². The molecule has 0 bridgehead atoms. The molecule has 0 aliphatic carbocycles. The van der Waals surface area contributed by atoms with Crippen LogP contribution in [0.25, 0.3) is 0 Å². The van der Waals surface area contributed by atoms with Crippen molar-refractivity contribution >= 4 is 27.4 Å². The molecule has 1 amide bonds. The number of amides is 1. The Morgan fingerprint density at radius 3 is 2.21 bits per heavy atom. The van der Waals surface area contributed by atoms with Gasteiger partial charge in [-0.3, -0.25) is 9.59 Å². The van der Waals surface area contributed by atoms with Crippen molar-refractivity contribution in [3.63, 3.8) is 0 Å². The molecule has 2 aromatic carbocycles. The zero-order valence-corrected chi connectivity index (χ0v) is 17.8. The van der Waals surface area contributed by atoms with Gasteiger partial charge in [-0.25, -0.2) is 8.42 Å². The third-order valence-electron chi connectivity index (χ3n) is 5.36. The van der Waals surface area contributed by atoms with Gasteiger partial charge in [0.25, 0.3) is 0 Å². The first-order valence-electron chi connectivity index (χ1n) is 9.69. The van der Waals surface area contributed by atoms with Gasteiger partial charge in [-0.1, -0.05) is 36.2 Å². The number of anilines is 1. The summed E-state index contributed by atoms with van der Waals surface area (Å²) in [5.74, 6) is -0.364. The Labute approximate surface area is 172 Å². The van der Waals surface area contributed by atoms with Gasteiger partial charge in [-0.15, -0.1) is 0 Å². The van der Waals surface area contributed by atoms with Gasteiger partial charge >= 0.3 is 0 Å². The van der Waals surface area contributed by atoms with Gasteiger partial charge in [0.2, 0.25) is 15.9 Å². The third-order valence-corrected chi connectivity index (χ3v) is 7.28. The van der Waals surface area contributed by atoms with Crippen molar-refractivity contribution in [3.8, 4) is 0 Å². The Kier molecular flexibility index (Phi) is 6.19. The number of likely N-dealkylation sites (N-methyl/N-ethyl adjacent to an activating group) is 1. The highest BCUT2D eigenvalue weighted by Crippen LogP contribution is 2.28. The van der Waals surface area contributed by atoms with Crippen LogP contribution >= 0.6 is 0 Å². The minimum atomic E-state index is -3.85. The van der Waals surface area contributed by atoms with Crippen LogP contribution in [-0.4, -0.2) is 44.0 Å². The molecule has 0 spiro atoms. The van der Waals surface area contributed by atoms with E-state index in [0.717, 1.165) is 17.7 Å². The summed E-state index contributed by atoms with van der Waals surface area (Å²) >= 11 is 0. The minimum absolute atomic E-state index is 0.0974. The van der Waals surface area contributed by atoms with Crippen molar-refractivity contribution in [2.45, 2.75) is 44.0 Å². The second-order valence-corrected chi connectivity index (χ2v) is 9.33. The van der Waals surface area contributed by atoms with Crippen LogP contribution in [0.4, 0.5) is 5.69 Å². The smallest absolute Gasteiger partial charge is 0.245 e. The van der Waals surface area contributed by atoms with Crippen LogP contribution in [0.5, 0.6) is 0 Å². The highest BCUT2D eigenvalue weighted by molar-refractivity contribution is 7.89. The van der Waals surface area contributed by atoms with Gasteiger partial charge in [-0.2, -0.15) is 4.31 Å². The average Bonchev–Trinajstić information content (AvgIpc) is 2.73. The molecular weight excluding hydrogens is 388 g/mol. The summed E-state index contributed by atoms with van der Waals surface area (Å²) in [5.41, 5.74) is 2.27.